The normalized spacial score (nSPS) is 16.0. The highest BCUT2D eigenvalue weighted by Crippen LogP contribution is 2.20. The number of amides is 3. The third-order valence-corrected chi connectivity index (χ3v) is 14.9. The highest BCUT2D eigenvalue weighted by atomic mass is 16.4. The van der Waals surface area contributed by atoms with Crippen molar-refractivity contribution in [3.05, 3.63) is 41.2 Å². The van der Waals surface area contributed by atoms with E-state index in [1.807, 2.05) is 36.2 Å². The lowest BCUT2D eigenvalue weighted by Crippen LogP contribution is -2.52. The summed E-state index contributed by atoms with van der Waals surface area (Å²) < 4.78 is 0. The maximum Gasteiger partial charge on any atom is 0.373 e. The van der Waals surface area contributed by atoms with Gasteiger partial charge in [-0.2, -0.15) is 34.1 Å². The third kappa shape index (κ3) is 35.4. The fraction of sp³-hybridized carbons (Fsp3) is 0.655. The molecular weight excluding hydrogens is 1200 g/mol. The van der Waals surface area contributed by atoms with Gasteiger partial charge in [0.15, 0.2) is 0 Å². The zero-order valence-corrected chi connectivity index (χ0v) is 51.8. The lowest BCUT2D eigenvalue weighted by atomic mass is 10.0. The van der Waals surface area contributed by atoms with Crippen LogP contribution in [0.4, 0.5) is 16.7 Å². The molecule has 506 valence electrons. The number of anilines is 2. The van der Waals surface area contributed by atoms with Crippen molar-refractivity contribution >= 4 is 77.9 Å². The van der Waals surface area contributed by atoms with Gasteiger partial charge in [0.1, 0.15) is 24.5 Å². The molecule has 0 radical (unpaired) electrons. The molecule has 2 aliphatic heterocycles. The number of hydrogen-bond acceptors (Lipinski definition) is 23. The van der Waals surface area contributed by atoms with Crippen molar-refractivity contribution in [3.63, 3.8) is 0 Å². The van der Waals surface area contributed by atoms with Gasteiger partial charge in [-0.05, 0) is 69.7 Å². The molecule has 0 saturated carbocycles. The zero-order chi connectivity index (χ0) is 67.7. The lowest BCUT2D eigenvalue weighted by Gasteiger charge is -2.37. The molecule has 2 aromatic rings. The Labute approximate surface area is 527 Å². The maximum atomic E-state index is 12.4. The molecule has 0 spiro atoms. The Morgan fingerprint density at radius 3 is 1.60 bits per heavy atom. The fourth-order valence-electron chi connectivity index (χ4n) is 10.2. The van der Waals surface area contributed by atoms with Gasteiger partial charge in [-0.3, -0.25) is 48.4 Å². The van der Waals surface area contributed by atoms with Gasteiger partial charge in [-0.25, -0.2) is 14.4 Å². The molecule has 91 heavy (non-hydrogen) atoms. The number of carboxylic acids is 7. The Balaban J connectivity index is 0.00000451. The number of carbonyl (C=O) groups excluding carboxylic acids is 6. The predicted octanol–water partition coefficient (Wildman–Crippen LogP) is -0.178. The molecule has 2 fully saturated rings. The number of aliphatic carboxylic acids is 7. The minimum atomic E-state index is -1.49. The minimum absolute atomic E-state index is 0.0455. The SMILES string of the molecule is CN1CCN(CC(=O)O)CCN(CC(=O)O)CCN(CC(=O)O)C(Cc2ccc(Cc3nc(N(C)CC(=O)O)nc(N4CCN(CCCCCCCCCCC(=O)NCCCC[C@H](NC(=O)N[C@@H](CCC(=O)O)C(=O)O)C(=O)O)CC4)n3)cc2)C1.O=C=O.O=C=O. The first-order chi connectivity index (χ1) is 43.4. The Bertz CT molecular complexity index is 2660. The summed E-state index contributed by atoms with van der Waals surface area (Å²) >= 11 is 0. The number of unbranched alkanes of at least 4 members (excludes halogenated alkanes) is 8. The van der Waals surface area contributed by atoms with E-state index in [0.29, 0.717) is 96.2 Å². The number of benzene rings is 1. The van der Waals surface area contributed by atoms with Crippen molar-refractivity contribution in [2.24, 2.45) is 0 Å². The first-order valence-electron chi connectivity index (χ1n) is 30.1. The van der Waals surface area contributed by atoms with Crippen LogP contribution in [-0.4, -0.2) is 285 Å². The molecule has 1 unspecified atom stereocenters. The maximum absolute atomic E-state index is 12.4. The van der Waals surface area contributed by atoms with Crippen molar-refractivity contribution in [1.29, 1.82) is 0 Å². The summed E-state index contributed by atoms with van der Waals surface area (Å²) in [5.74, 6) is -6.91. The molecule has 33 heteroatoms. The first-order valence-corrected chi connectivity index (χ1v) is 30.1. The fourth-order valence-corrected chi connectivity index (χ4v) is 10.2. The Morgan fingerprint density at radius 1 is 0.560 bits per heavy atom. The van der Waals surface area contributed by atoms with Crippen LogP contribution >= 0.6 is 0 Å². The number of nitrogens with zero attached hydrogens (tertiary/aromatic N) is 10. The monoisotopic (exact) mass is 1290 g/mol. The number of rotatable bonds is 37. The molecule has 3 atom stereocenters. The molecule has 33 nitrogen and oxygen atoms in total. The highest BCUT2D eigenvalue weighted by Gasteiger charge is 2.28. The second-order valence-corrected chi connectivity index (χ2v) is 22.2. The van der Waals surface area contributed by atoms with Crippen molar-refractivity contribution in [3.8, 4) is 0 Å². The van der Waals surface area contributed by atoms with Crippen LogP contribution in [0.25, 0.3) is 0 Å². The molecule has 2 aliphatic rings. The molecule has 0 aliphatic carbocycles. The van der Waals surface area contributed by atoms with Crippen molar-refractivity contribution in [2.45, 2.75) is 121 Å². The first kappa shape index (κ1) is 78.5. The number of likely N-dealkylation sites (N-methyl/N-ethyl adjacent to an activating group) is 2. The average molecular weight is 1290 g/mol. The standard InChI is InChI=1S/C56H89N13O16.2CO2/c1-63-23-24-66(37-49(75)76)25-26-67(38-50(77)78)29-32-69(39-51(79)80)42(35-63)33-40-15-17-41(18-16-40)34-45-60-54(64(2)36-48(73)74)62-55(61-45)68-30-27-65(28-31-68)22-12-8-6-4-3-5-7-9-14-46(70)57-21-11-10-13-43(52(81)82)58-56(85)59-44(53(83)84)19-20-47(71)72;2*2-1-3/h15-18,42-44H,3-14,19-39H2,1-2H3,(H,57,70)(H,71,72)(H,73,74)(H,75,76)(H,77,78)(H,79,80)(H,81,82)(H,83,84)(H2,58,59,85);;/t42?,43-,44-;;/m0../s1. The molecule has 4 rings (SSSR count). The summed E-state index contributed by atoms with van der Waals surface area (Å²) in [5, 5.41) is 73.4. The van der Waals surface area contributed by atoms with E-state index < -0.39 is 66.3 Å². The molecule has 1 aromatic heterocycles. The Morgan fingerprint density at radius 2 is 1.07 bits per heavy atom. The van der Waals surface area contributed by atoms with Gasteiger partial charge < -0.3 is 66.4 Å². The number of aromatic nitrogens is 3. The van der Waals surface area contributed by atoms with Crippen LogP contribution in [0.5, 0.6) is 0 Å². The molecule has 3 amide bonds. The van der Waals surface area contributed by atoms with Gasteiger partial charge in [0.2, 0.25) is 17.8 Å². The lowest BCUT2D eigenvalue weighted by molar-refractivity contribution is -0.193. The number of nitrogens with one attached hydrogen (secondary N) is 3. The van der Waals surface area contributed by atoms with Crippen LogP contribution < -0.4 is 25.8 Å². The van der Waals surface area contributed by atoms with Gasteiger partial charge >= 0.3 is 60.1 Å². The second kappa shape index (κ2) is 44.8. The summed E-state index contributed by atoms with van der Waals surface area (Å²) in [4.78, 5) is 166. The summed E-state index contributed by atoms with van der Waals surface area (Å²) in [6.45, 7) is 5.94. The molecule has 3 heterocycles. The van der Waals surface area contributed by atoms with Gasteiger partial charge in [0.05, 0.1) is 19.6 Å². The van der Waals surface area contributed by atoms with Gasteiger partial charge in [-0.1, -0.05) is 62.8 Å². The number of carboxylic acid groups (broad SMARTS) is 7. The zero-order valence-electron chi connectivity index (χ0n) is 51.8. The molecule has 0 bridgehead atoms. The Kier molecular flexibility index (Phi) is 38.7. The number of hydrogen-bond donors (Lipinski definition) is 10. The van der Waals surface area contributed by atoms with E-state index in [1.54, 1.807) is 16.8 Å². The summed E-state index contributed by atoms with van der Waals surface area (Å²) in [6.07, 6.45) is 9.89. The van der Waals surface area contributed by atoms with Crippen LogP contribution in [-0.2, 0) is 70.4 Å². The van der Waals surface area contributed by atoms with Crippen LogP contribution in [0, 0.1) is 0 Å². The van der Waals surface area contributed by atoms with E-state index in [9.17, 15) is 73.8 Å². The topological polar surface area (TPSA) is 461 Å². The van der Waals surface area contributed by atoms with Gasteiger partial charge in [-0.15, -0.1) is 0 Å². The van der Waals surface area contributed by atoms with Gasteiger partial charge in [0, 0.05) is 111 Å². The van der Waals surface area contributed by atoms with E-state index in [4.69, 9.17) is 34.3 Å². The van der Waals surface area contributed by atoms with Crippen molar-refractivity contribution in [2.75, 3.05) is 135 Å². The third-order valence-electron chi connectivity index (χ3n) is 14.9. The molecule has 2 saturated heterocycles. The van der Waals surface area contributed by atoms with E-state index in [1.165, 1.54) is 4.90 Å². The van der Waals surface area contributed by atoms with Crippen LogP contribution in [0.3, 0.4) is 0 Å². The second-order valence-electron chi connectivity index (χ2n) is 22.2. The molecular formula is C58H89N13O20. The quantitative estimate of drug-likeness (QED) is 0.0392. The van der Waals surface area contributed by atoms with Crippen LogP contribution in [0.15, 0.2) is 24.3 Å². The number of urea groups is 1. The molecule has 1 aromatic carbocycles. The Hall–Kier alpha value is -8.58. The average Bonchev–Trinajstić information content (AvgIpc) is 2.67. The smallest absolute Gasteiger partial charge is 0.373 e. The largest absolute Gasteiger partial charge is 0.481 e. The molecule has 10 N–H and O–H groups in total. The number of piperazine rings is 1. The highest BCUT2D eigenvalue weighted by molar-refractivity contribution is 5.86. The summed E-state index contributed by atoms with van der Waals surface area (Å²) in [6, 6.07) is 3.80. The minimum Gasteiger partial charge on any atom is -0.481 e. The van der Waals surface area contributed by atoms with E-state index >= 15 is 0 Å². The van der Waals surface area contributed by atoms with Gasteiger partial charge in [0.25, 0.3) is 0 Å². The van der Waals surface area contributed by atoms with Crippen molar-refractivity contribution in [1.82, 2.24) is 55.4 Å². The van der Waals surface area contributed by atoms with E-state index in [0.717, 1.165) is 82.1 Å². The van der Waals surface area contributed by atoms with Crippen LogP contribution in [0.2, 0.25) is 0 Å². The van der Waals surface area contributed by atoms with Crippen LogP contribution in [0.1, 0.15) is 107 Å². The summed E-state index contributed by atoms with van der Waals surface area (Å²) in [7, 11) is 3.55. The van der Waals surface area contributed by atoms with Crippen molar-refractivity contribution < 1.29 is 98.1 Å². The van der Waals surface area contributed by atoms with E-state index in [2.05, 4.69) is 35.6 Å². The predicted molar refractivity (Wildman–Crippen MR) is 321 cm³/mol. The number of carbonyl (C=O) groups is 9. The van der Waals surface area contributed by atoms with E-state index in [-0.39, 0.29) is 82.3 Å². The summed E-state index contributed by atoms with van der Waals surface area (Å²) in [5.41, 5.74) is 1.85.